The van der Waals surface area contributed by atoms with Crippen molar-refractivity contribution < 1.29 is 38.7 Å². The Morgan fingerprint density at radius 1 is 1.19 bits per heavy atom. The zero-order valence-electron chi connectivity index (χ0n) is 12.9. The third kappa shape index (κ3) is 8.87. The molecule has 0 aliphatic carbocycles. The normalized spacial score (nSPS) is 14.0. The highest BCUT2D eigenvalue weighted by molar-refractivity contribution is 5.85. The van der Waals surface area contributed by atoms with Crippen molar-refractivity contribution in [2.45, 2.75) is 59.2 Å². The lowest BCUT2D eigenvalue weighted by molar-refractivity contribution is -0.327. The third-order valence-corrected chi connectivity index (χ3v) is 2.37. The van der Waals surface area contributed by atoms with Crippen LogP contribution in [0.2, 0.25) is 0 Å². The standard InChI is InChI=1S/C13H22O8/c1-7-13(5,6)21-20-8(2)11(14)18-9(3)17-10(4)19-12(15)16/h9-10H,2,7H2,1,3-6H3,(H,15,16). The fourth-order valence-corrected chi connectivity index (χ4v) is 0.940. The van der Waals surface area contributed by atoms with E-state index in [9.17, 15) is 9.59 Å². The van der Waals surface area contributed by atoms with E-state index in [1.54, 1.807) is 13.8 Å². The molecule has 1 N–H and O–H groups in total. The summed E-state index contributed by atoms with van der Waals surface area (Å²) in [6.07, 6.45) is -2.97. The van der Waals surface area contributed by atoms with Crippen LogP contribution in [0.1, 0.15) is 41.0 Å². The summed E-state index contributed by atoms with van der Waals surface area (Å²) in [5, 5.41) is 8.38. The van der Waals surface area contributed by atoms with E-state index in [0.29, 0.717) is 6.42 Å². The molecule has 2 atom stereocenters. The number of carbonyl (C=O) groups excluding carboxylic acids is 1. The molecule has 0 saturated heterocycles. The third-order valence-electron chi connectivity index (χ3n) is 2.37. The van der Waals surface area contributed by atoms with Crippen LogP contribution >= 0.6 is 0 Å². The number of hydrogen-bond acceptors (Lipinski definition) is 7. The summed E-state index contributed by atoms with van der Waals surface area (Å²) >= 11 is 0. The fraction of sp³-hybridized carbons (Fsp3) is 0.692. The minimum absolute atomic E-state index is 0.348. The Morgan fingerprint density at radius 2 is 1.71 bits per heavy atom. The Balaban J connectivity index is 4.17. The fourth-order valence-electron chi connectivity index (χ4n) is 0.940. The predicted molar refractivity (Wildman–Crippen MR) is 70.9 cm³/mol. The molecule has 122 valence electrons. The van der Waals surface area contributed by atoms with Gasteiger partial charge in [-0.05, 0) is 40.7 Å². The molecule has 0 aromatic rings. The van der Waals surface area contributed by atoms with Gasteiger partial charge in [0, 0.05) is 0 Å². The van der Waals surface area contributed by atoms with Gasteiger partial charge < -0.3 is 24.2 Å². The van der Waals surface area contributed by atoms with Crippen molar-refractivity contribution in [1.82, 2.24) is 0 Å². The van der Waals surface area contributed by atoms with Gasteiger partial charge in [-0.25, -0.2) is 9.59 Å². The summed E-state index contributed by atoms with van der Waals surface area (Å²) in [5.41, 5.74) is -0.574. The van der Waals surface area contributed by atoms with E-state index in [1.165, 1.54) is 13.8 Å². The highest BCUT2D eigenvalue weighted by Gasteiger charge is 2.23. The molecule has 0 aromatic heterocycles. The van der Waals surface area contributed by atoms with Gasteiger partial charge in [0.2, 0.25) is 18.3 Å². The summed E-state index contributed by atoms with van der Waals surface area (Å²) < 4.78 is 14.1. The van der Waals surface area contributed by atoms with Gasteiger partial charge in [-0.1, -0.05) is 6.92 Å². The molecule has 8 nitrogen and oxygen atoms in total. The Labute approximate surface area is 123 Å². The summed E-state index contributed by atoms with van der Waals surface area (Å²) in [4.78, 5) is 31.7. The largest absolute Gasteiger partial charge is 0.508 e. The van der Waals surface area contributed by atoms with Crippen molar-refractivity contribution in [1.29, 1.82) is 0 Å². The maximum absolute atomic E-state index is 11.6. The van der Waals surface area contributed by atoms with Gasteiger partial charge in [0.25, 0.3) is 0 Å². The Morgan fingerprint density at radius 3 is 2.19 bits per heavy atom. The van der Waals surface area contributed by atoms with Crippen molar-refractivity contribution in [3.63, 3.8) is 0 Å². The van der Waals surface area contributed by atoms with Crippen LogP contribution in [0.15, 0.2) is 12.3 Å². The molecule has 0 rings (SSSR count). The van der Waals surface area contributed by atoms with E-state index in [0.717, 1.165) is 0 Å². The molecule has 0 aliphatic rings. The first kappa shape index (κ1) is 19.2. The van der Waals surface area contributed by atoms with Gasteiger partial charge in [-0.3, -0.25) is 0 Å². The molecule has 0 spiro atoms. The predicted octanol–water partition coefficient (Wildman–Crippen LogP) is 2.58. The second-order valence-electron chi connectivity index (χ2n) is 4.76. The first-order valence-electron chi connectivity index (χ1n) is 6.38. The number of carbonyl (C=O) groups is 2. The van der Waals surface area contributed by atoms with E-state index in [2.05, 4.69) is 11.3 Å². The lowest BCUT2D eigenvalue weighted by Crippen LogP contribution is -2.28. The van der Waals surface area contributed by atoms with Crippen molar-refractivity contribution in [2.75, 3.05) is 0 Å². The number of hydrogen-bond donors (Lipinski definition) is 1. The maximum atomic E-state index is 11.6. The van der Waals surface area contributed by atoms with Crippen molar-refractivity contribution >= 4 is 12.1 Å². The van der Waals surface area contributed by atoms with Gasteiger partial charge in [-0.15, -0.1) is 0 Å². The van der Waals surface area contributed by atoms with Crippen LogP contribution in [0.5, 0.6) is 0 Å². The molecule has 0 fully saturated rings. The lowest BCUT2D eigenvalue weighted by Gasteiger charge is -2.22. The minimum atomic E-state index is -1.50. The summed E-state index contributed by atoms with van der Waals surface area (Å²) in [6.45, 7) is 11.6. The molecular formula is C13H22O8. The Hall–Kier alpha value is -1.80. The van der Waals surface area contributed by atoms with E-state index in [4.69, 9.17) is 24.4 Å². The average molecular weight is 306 g/mol. The van der Waals surface area contributed by atoms with E-state index < -0.39 is 30.3 Å². The van der Waals surface area contributed by atoms with Crippen molar-refractivity contribution in [2.24, 2.45) is 0 Å². The number of esters is 1. The van der Waals surface area contributed by atoms with Gasteiger partial charge in [0.15, 0.2) is 0 Å². The molecule has 0 bridgehead atoms. The number of carboxylic acid groups (broad SMARTS) is 1. The van der Waals surface area contributed by atoms with Crippen LogP contribution in [-0.2, 0) is 28.8 Å². The summed E-state index contributed by atoms with van der Waals surface area (Å²) in [7, 11) is 0. The van der Waals surface area contributed by atoms with Crippen LogP contribution < -0.4 is 0 Å². The number of rotatable bonds is 9. The first-order chi connectivity index (χ1) is 9.57. The van der Waals surface area contributed by atoms with E-state index in [1.807, 2.05) is 6.92 Å². The second kappa shape index (κ2) is 8.48. The molecule has 2 unspecified atom stereocenters. The highest BCUT2D eigenvalue weighted by atomic mass is 17.2. The second-order valence-corrected chi connectivity index (χ2v) is 4.76. The van der Waals surface area contributed by atoms with Gasteiger partial charge in [-0.2, -0.15) is 4.89 Å². The van der Waals surface area contributed by atoms with Crippen LogP contribution in [0.25, 0.3) is 0 Å². The topological polar surface area (TPSA) is 101 Å². The molecule has 8 heteroatoms. The number of ether oxygens (including phenoxy) is 3. The van der Waals surface area contributed by atoms with Crippen LogP contribution in [0, 0.1) is 0 Å². The molecule has 0 radical (unpaired) electrons. The van der Waals surface area contributed by atoms with Gasteiger partial charge in [0.05, 0.1) is 0 Å². The van der Waals surface area contributed by atoms with Crippen LogP contribution in [-0.4, -0.2) is 35.4 Å². The van der Waals surface area contributed by atoms with E-state index in [-0.39, 0.29) is 5.76 Å². The SMILES string of the molecule is C=C(OOC(C)(C)CC)C(=O)OC(C)OC(C)OC(=O)O. The van der Waals surface area contributed by atoms with Crippen molar-refractivity contribution in [3.8, 4) is 0 Å². The minimum Gasteiger partial charge on any atom is -0.450 e. The quantitative estimate of drug-likeness (QED) is 0.173. The van der Waals surface area contributed by atoms with E-state index >= 15 is 0 Å². The average Bonchev–Trinajstić information content (AvgIpc) is 2.34. The Bertz CT molecular complexity index is 376. The lowest BCUT2D eigenvalue weighted by atomic mass is 10.1. The molecular weight excluding hydrogens is 284 g/mol. The summed E-state index contributed by atoms with van der Waals surface area (Å²) in [5.74, 6) is -1.24. The monoisotopic (exact) mass is 306 g/mol. The smallest absolute Gasteiger partial charge is 0.450 e. The zero-order chi connectivity index (χ0) is 16.6. The van der Waals surface area contributed by atoms with Crippen LogP contribution in [0.3, 0.4) is 0 Å². The van der Waals surface area contributed by atoms with Crippen molar-refractivity contribution in [3.05, 3.63) is 12.3 Å². The molecule has 0 heterocycles. The zero-order valence-corrected chi connectivity index (χ0v) is 12.9. The van der Waals surface area contributed by atoms with Crippen LogP contribution in [0.4, 0.5) is 4.79 Å². The van der Waals surface area contributed by atoms with Gasteiger partial charge >= 0.3 is 12.1 Å². The molecule has 0 saturated carbocycles. The molecule has 0 amide bonds. The molecule has 21 heavy (non-hydrogen) atoms. The first-order valence-corrected chi connectivity index (χ1v) is 6.38. The highest BCUT2D eigenvalue weighted by Crippen LogP contribution is 2.16. The maximum Gasteiger partial charge on any atom is 0.508 e. The molecule has 0 aliphatic heterocycles. The summed E-state index contributed by atoms with van der Waals surface area (Å²) in [6, 6.07) is 0. The Kier molecular flexibility index (Phi) is 7.75. The van der Waals surface area contributed by atoms with Gasteiger partial charge in [0.1, 0.15) is 5.60 Å². The molecule has 0 aromatic carbocycles.